The van der Waals surface area contributed by atoms with Crippen LogP contribution in [0.5, 0.6) is 0 Å². The molecule has 1 saturated heterocycles. The van der Waals surface area contributed by atoms with Crippen molar-refractivity contribution in [2.45, 2.75) is 89.6 Å². The Hall–Kier alpha value is 0.0669. The van der Waals surface area contributed by atoms with E-state index in [1.807, 2.05) is 0 Å². The van der Waals surface area contributed by atoms with Gasteiger partial charge in [-0.3, -0.25) is 0 Å². The van der Waals surface area contributed by atoms with E-state index in [9.17, 15) is 0 Å². The van der Waals surface area contributed by atoms with Crippen LogP contribution in [0.3, 0.4) is 0 Å². The van der Waals surface area contributed by atoms with Crippen molar-refractivity contribution in [2.75, 3.05) is 13.2 Å². The first-order chi connectivity index (χ1) is 9.08. The van der Waals surface area contributed by atoms with E-state index in [0.29, 0.717) is 12.7 Å². The molecule has 1 heterocycles. The van der Waals surface area contributed by atoms with Crippen molar-refractivity contribution in [3.05, 3.63) is 0 Å². The summed E-state index contributed by atoms with van der Waals surface area (Å²) < 4.78 is 26.9. The van der Waals surface area contributed by atoms with Crippen LogP contribution in [0.15, 0.2) is 0 Å². The lowest BCUT2D eigenvalue weighted by atomic mass is 10.2. The molecule has 0 spiro atoms. The van der Waals surface area contributed by atoms with Crippen LogP contribution in [0.4, 0.5) is 4.11 Å². The Morgan fingerprint density at radius 3 is 2.15 bits per heavy atom. The van der Waals surface area contributed by atoms with E-state index in [2.05, 4.69) is 41.5 Å². The Morgan fingerprint density at radius 1 is 1.10 bits per heavy atom. The maximum Gasteiger partial charge on any atom is 0.257 e. The number of rotatable bonds is 5. The van der Waals surface area contributed by atoms with Gasteiger partial charge in [-0.15, -0.1) is 0 Å². The summed E-state index contributed by atoms with van der Waals surface area (Å²) in [5, 5.41) is -0.459. The molecule has 120 valence electrons. The van der Waals surface area contributed by atoms with Gasteiger partial charge >= 0.3 is 0 Å². The molecule has 0 saturated carbocycles. The van der Waals surface area contributed by atoms with Gasteiger partial charge in [0.25, 0.3) is 8.41 Å². The SMILES string of the molecule is CC(C)(C)[Si](F)(CCCOC1CCCCO1)C(C)(C)C. The molecule has 4 heteroatoms. The van der Waals surface area contributed by atoms with Crippen LogP contribution in [0.25, 0.3) is 0 Å². The van der Waals surface area contributed by atoms with Gasteiger partial charge < -0.3 is 13.6 Å². The van der Waals surface area contributed by atoms with Crippen LogP contribution in [0.1, 0.15) is 67.2 Å². The van der Waals surface area contributed by atoms with Crippen LogP contribution in [0.2, 0.25) is 16.1 Å². The summed E-state index contributed by atoms with van der Waals surface area (Å²) >= 11 is 0. The second-order valence-corrected chi connectivity index (χ2v) is 13.2. The average Bonchev–Trinajstić information content (AvgIpc) is 2.33. The number of hydrogen-bond donors (Lipinski definition) is 0. The molecule has 0 radical (unpaired) electrons. The summed E-state index contributed by atoms with van der Waals surface area (Å²) in [5.41, 5.74) is 0. The van der Waals surface area contributed by atoms with E-state index in [1.54, 1.807) is 0 Å². The van der Waals surface area contributed by atoms with E-state index < -0.39 is 8.41 Å². The summed E-state index contributed by atoms with van der Waals surface area (Å²) in [5.74, 6) is 0. The van der Waals surface area contributed by atoms with Gasteiger partial charge in [-0.25, -0.2) is 0 Å². The Labute approximate surface area is 125 Å². The molecule has 1 aliphatic rings. The second kappa shape index (κ2) is 6.88. The smallest absolute Gasteiger partial charge is 0.257 e. The molecule has 20 heavy (non-hydrogen) atoms. The van der Waals surface area contributed by atoms with E-state index in [1.165, 1.54) is 6.42 Å². The Balaban J connectivity index is 2.43. The molecule has 2 nitrogen and oxygen atoms in total. The first kappa shape index (κ1) is 18.1. The fraction of sp³-hybridized carbons (Fsp3) is 1.00. The van der Waals surface area contributed by atoms with Crippen molar-refractivity contribution in [3.63, 3.8) is 0 Å². The molecule has 0 aliphatic carbocycles. The lowest BCUT2D eigenvalue weighted by molar-refractivity contribution is -0.162. The van der Waals surface area contributed by atoms with Gasteiger partial charge in [-0.2, -0.15) is 0 Å². The molecule has 1 aliphatic heterocycles. The topological polar surface area (TPSA) is 18.5 Å². The molecule has 0 bridgehead atoms. The Morgan fingerprint density at radius 2 is 1.70 bits per heavy atom. The average molecular weight is 305 g/mol. The molecule has 0 aromatic carbocycles. The normalized spacial score (nSPS) is 22.1. The minimum Gasteiger partial charge on any atom is -0.353 e. The van der Waals surface area contributed by atoms with Gasteiger partial charge in [0.05, 0.1) is 0 Å². The third-order valence-corrected chi connectivity index (χ3v) is 10.3. The summed E-state index contributed by atoms with van der Waals surface area (Å²) in [6.07, 6.45) is 4.04. The first-order valence-corrected chi connectivity index (χ1v) is 10.1. The largest absolute Gasteiger partial charge is 0.353 e. The van der Waals surface area contributed by atoms with Crippen molar-refractivity contribution < 1.29 is 13.6 Å². The molecule has 1 fully saturated rings. The maximum atomic E-state index is 15.6. The van der Waals surface area contributed by atoms with Crippen molar-refractivity contribution in [1.29, 1.82) is 0 Å². The van der Waals surface area contributed by atoms with Gasteiger partial charge in [-0.05, 0) is 41.8 Å². The lowest BCUT2D eigenvalue weighted by Gasteiger charge is -2.44. The minimum absolute atomic E-state index is 0.0521. The van der Waals surface area contributed by atoms with Crippen LogP contribution in [-0.2, 0) is 9.47 Å². The highest BCUT2D eigenvalue weighted by atomic mass is 28.4. The third kappa shape index (κ3) is 4.53. The molecular weight excluding hydrogens is 271 g/mol. The van der Waals surface area contributed by atoms with Gasteiger partial charge in [0, 0.05) is 13.2 Å². The zero-order valence-corrected chi connectivity index (χ0v) is 15.2. The molecule has 0 aromatic heterocycles. The van der Waals surface area contributed by atoms with Crippen molar-refractivity contribution in [2.24, 2.45) is 0 Å². The zero-order chi connectivity index (χ0) is 15.4. The van der Waals surface area contributed by atoms with Crippen LogP contribution in [-0.4, -0.2) is 27.9 Å². The maximum absolute atomic E-state index is 15.6. The van der Waals surface area contributed by atoms with Gasteiger partial charge in [0.2, 0.25) is 0 Å². The third-order valence-electron chi connectivity index (χ3n) is 4.48. The Bertz CT molecular complexity index is 274. The fourth-order valence-electron chi connectivity index (χ4n) is 3.25. The predicted molar refractivity (Wildman–Crippen MR) is 85.3 cm³/mol. The van der Waals surface area contributed by atoms with Crippen molar-refractivity contribution in [1.82, 2.24) is 0 Å². The Kier molecular flexibility index (Phi) is 6.24. The van der Waals surface area contributed by atoms with Gasteiger partial charge in [-0.1, -0.05) is 41.5 Å². The molecule has 1 rings (SSSR count). The highest BCUT2D eigenvalue weighted by Crippen LogP contribution is 2.54. The summed E-state index contributed by atoms with van der Waals surface area (Å²) in [4.78, 5) is 0. The predicted octanol–water partition coefficient (Wildman–Crippen LogP) is 5.43. The number of hydrogen-bond acceptors (Lipinski definition) is 2. The van der Waals surface area contributed by atoms with E-state index in [0.717, 1.165) is 25.9 Å². The zero-order valence-electron chi connectivity index (χ0n) is 14.2. The number of halogens is 1. The van der Waals surface area contributed by atoms with Crippen LogP contribution >= 0.6 is 0 Å². The van der Waals surface area contributed by atoms with Gasteiger partial charge in [0.15, 0.2) is 6.29 Å². The molecule has 1 unspecified atom stereocenters. The molecule has 0 aromatic rings. The summed E-state index contributed by atoms with van der Waals surface area (Å²) in [7, 11) is -2.86. The monoisotopic (exact) mass is 304 g/mol. The molecular formula is C16H33FO2Si. The summed E-state index contributed by atoms with van der Waals surface area (Å²) in [6, 6.07) is 0.673. The quantitative estimate of drug-likeness (QED) is 0.383. The highest BCUT2D eigenvalue weighted by Gasteiger charge is 2.54. The second-order valence-electron chi connectivity index (χ2n) is 8.07. The lowest BCUT2D eigenvalue weighted by Crippen LogP contribution is -2.47. The standard InChI is InChI=1S/C16H33FO2Si/c1-15(2,3)20(17,16(4,5)6)13-9-12-19-14-10-7-8-11-18-14/h14H,7-13H2,1-6H3. The van der Waals surface area contributed by atoms with E-state index >= 15 is 4.11 Å². The first-order valence-electron chi connectivity index (χ1n) is 8.00. The summed E-state index contributed by atoms with van der Waals surface area (Å²) in [6.45, 7) is 13.7. The van der Waals surface area contributed by atoms with Crippen molar-refractivity contribution >= 4 is 8.41 Å². The van der Waals surface area contributed by atoms with E-state index in [4.69, 9.17) is 9.47 Å². The molecule has 1 atom stereocenters. The fourth-order valence-corrected chi connectivity index (χ4v) is 7.63. The highest BCUT2D eigenvalue weighted by molar-refractivity contribution is 6.78. The minimum atomic E-state index is -2.86. The molecule has 0 amide bonds. The van der Waals surface area contributed by atoms with Crippen LogP contribution < -0.4 is 0 Å². The van der Waals surface area contributed by atoms with Gasteiger partial charge in [0.1, 0.15) is 0 Å². The van der Waals surface area contributed by atoms with Crippen molar-refractivity contribution in [3.8, 4) is 0 Å². The van der Waals surface area contributed by atoms with E-state index in [-0.39, 0.29) is 16.4 Å². The molecule has 0 N–H and O–H groups in total. The van der Waals surface area contributed by atoms with Crippen LogP contribution in [0, 0.1) is 0 Å². The number of ether oxygens (including phenoxy) is 2.